The van der Waals surface area contributed by atoms with Gasteiger partial charge in [0.2, 0.25) is 5.91 Å². The number of nitrogens with zero attached hydrogens (tertiary/aromatic N) is 1. The van der Waals surface area contributed by atoms with Crippen molar-refractivity contribution in [1.29, 1.82) is 0 Å². The van der Waals surface area contributed by atoms with Gasteiger partial charge in [-0.05, 0) is 61.3 Å². The molecule has 3 N–H and O–H groups in total. The van der Waals surface area contributed by atoms with Gasteiger partial charge in [0, 0.05) is 19.0 Å². The number of halogens is 1. The third kappa shape index (κ3) is 8.35. The van der Waals surface area contributed by atoms with Gasteiger partial charge in [0.25, 0.3) is 0 Å². The number of carbonyl (C=O) groups excluding carboxylic acids is 1. The Hall–Kier alpha value is -3.46. The van der Waals surface area contributed by atoms with E-state index in [-0.39, 0.29) is 17.6 Å². The molecular formula is C23H27FN2O6. The number of piperidine rings is 1. The van der Waals surface area contributed by atoms with Gasteiger partial charge in [0.15, 0.2) is 0 Å². The summed E-state index contributed by atoms with van der Waals surface area (Å²) < 4.78 is 18.1. The van der Waals surface area contributed by atoms with E-state index < -0.39 is 11.9 Å². The summed E-state index contributed by atoms with van der Waals surface area (Å²) >= 11 is 0. The van der Waals surface area contributed by atoms with Crippen molar-refractivity contribution in [3.05, 3.63) is 65.5 Å². The highest BCUT2D eigenvalue weighted by molar-refractivity contribution is 6.27. The number of likely N-dealkylation sites (tertiary alicyclic amines) is 1. The number of methoxy groups -OCH3 is 1. The molecule has 0 radical (unpaired) electrons. The molecule has 0 aromatic heterocycles. The average molecular weight is 446 g/mol. The highest BCUT2D eigenvalue weighted by Crippen LogP contribution is 2.20. The Morgan fingerprint density at radius 3 is 2.00 bits per heavy atom. The van der Waals surface area contributed by atoms with E-state index in [1.807, 2.05) is 36.4 Å². The summed E-state index contributed by atoms with van der Waals surface area (Å²) in [4.78, 5) is 32.9. The molecule has 2 aromatic rings. The highest BCUT2D eigenvalue weighted by atomic mass is 19.1. The largest absolute Gasteiger partial charge is 0.497 e. The minimum atomic E-state index is -1.82. The summed E-state index contributed by atoms with van der Waals surface area (Å²) in [6.07, 6.45) is 1.71. The lowest BCUT2D eigenvalue weighted by Crippen LogP contribution is -2.40. The van der Waals surface area contributed by atoms with E-state index in [0.29, 0.717) is 6.54 Å². The molecule has 1 amide bonds. The molecule has 0 atom stereocenters. The fourth-order valence-electron chi connectivity index (χ4n) is 3.28. The minimum Gasteiger partial charge on any atom is -0.497 e. The van der Waals surface area contributed by atoms with E-state index in [0.717, 1.165) is 49.4 Å². The number of hydrogen-bond acceptors (Lipinski definition) is 5. The van der Waals surface area contributed by atoms with Crippen molar-refractivity contribution < 1.29 is 33.7 Å². The third-order valence-electron chi connectivity index (χ3n) is 5.09. The zero-order valence-electron chi connectivity index (χ0n) is 17.8. The highest BCUT2D eigenvalue weighted by Gasteiger charge is 2.24. The third-order valence-corrected chi connectivity index (χ3v) is 5.09. The molecule has 2 aromatic carbocycles. The zero-order chi connectivity index (χ0) is 23.5. The number of amides is 1. The Balaban J connectivity index is 0.000000534. The molecule has 0 aliphatic carbocycles. The Labute approximate surface area is 185 Å². The first-order valence-electron chi connectivity index (χ1n) is 10.1. The molecule has 0 bridgehead atoms. The Kier molecular flexibility index (Phi) is 9.62. The van der Waals surface area contributed by atoms with Crippen molar-refractivity contribution in [2.75, 3.05) is 20.2 Å². The van der Waals surface area contributed by atoms with Gasteiger partial charge in [-0.3, -0.25) is 9.69 Å². The van der Waals surface area contributed by atoms with Gasteiger partial charge >= 0.3 is 11.9 Å². The van der Waals surface area contributed by atoms with Crippen molar-refractivity contribution in [2.45, 2.75) is 25.9 Å². The average Bonchev–Trinajstić information content (AvgIpc) is 2.80. The van der Waals surface area contributed by atoms with Gasteiger partial charge in [-0.1, -0.05) is 24.3 Å². The maximum Gasteiger partial charge on any atom is 0.414 e. The molecule has 0 spiro atoms. The van der Waals surface area contributed by atoms with Gasteiger partial charge in [0.05, 0.1) is 7.11 Å². The zero-order valence-corrected chi connectivity index (χ0v) is 17.8. The van der Waals surface area contributed by atoms with Crippen molar-refractivity contribution in [1.82, 2.24) is 10.2 Å². The van der Waals surface area contributed by atoms with E-state index in [4.69, 9.17) is 24.5 Å². The topological polar surface area (TPSA) is 116 Å². The van der Waals surface area contributed by atoms with Gasteiger partial charge in [-0.25, -0.2) is 14.0 Å². The summed E-state index contributed by atoms with van der Waals surface area (Å²) in [5, 5.41) is 17.8. The fourth-order valence-corrected chi connectivity index (χ4v) is 3.28. The van der Waals surface area contributed by atoms with E-state index in [1.54, 1.807) is 7.11 Å². The molecule has 0 unspecified atom stereocenters. The van der Waals surface area contributed by atoms with Crippen LogP contribution in [0.2, 0.25) is 0 Å². The van der Waals surface area contributed by atoms with Gasteiger partial charge in [0.1, 0.15) is 11.6 Å². The Morgan fingerprint density at radius 1 is 0.969 bits per heavy atom. The molecule has 1 saturated heterocycles. The number of aliphatic carboxylic acids is 2. The SMILES string of the molecule is COc1ccc(CNC(=O)C2CCN(Cc3ccc(F)cc3)CC2)cc1.O=C(O)C(=O)O. The second-order valence-electron chi connectivity index (χ2n) is 7.35. The summed E-state index contributed by atoms with van der Waals surface area (Å²) in [6, 6.07) is 14.4. The van der Waals surface area contributed by atoms with Crippen molar-refractivity contribution in [3.63, 3.8) is 0 Å². The molecular weight excluding hydrogens is 419 g/mol. The van der Waals surface area contributed by atoms with Crippen LogP contribution in [0.1, 0.15) is 24.0 Å². The first-order valence-corrected chi connectivity index (χ1v) is 10.1. The Bertz CT molecular complexity index is 882. The summed E-state index contributed by atoms with van der Waals surface area (Å²) in [6.45, 7) is 3.12. The van der Waals surface area contributed by atoms with Crippen LogP contribution in [-0.4, -0.2) is 53.2 Å². The van der Waals surface area contributed by atoms with Crippen molar-refractivity contribution >= 4 is 17.8 Å². The summed E-state index contributed by atoms with van der Waals surface area (Å²) in [5.41, 5.74) is 2.17. The van der Waals surface area contributed by atoms with Crippen LogP contribution in [-0.2, 0) is 27.5 Å². The number of rotatable bonds is 6. The molecule has 172 valence electrons. The van der Waals surface area contributed by atoms with Crippen LogP contribution in [0.3, 0.4) is 0 Å². The maximum absolute atomic E-state index is 13.0. The number of carboxylic acids is 2. The molecule has 1 aliphatic rings. The predicted octanol–water partition coefficient (Wildman–Crippen LogP) is 2.52. The number of hydrogen-bond donors (Lipinski definition) is 3. The lowest BCUT2D eigenvalue weighted by Gasteiger charge is -2.31. The number of benzene rings is 2. The van der Waals surface area contributed by atoms with E-state index in [9.17, 15) is 9.18 Å². The summed E-state index contributed by atoms with van der Waals surface area (Å²) in [7, 11) is 1.64. The van der Waals surface area contributed by atoms with Gasteiger partial charge in [-0.15, -0.1) is 0 Å². The van der Waals surface area contributed by atoms with E-state index in [1.165, 1.54) is 12.1 Å². The van der Waals surface area contributed by atoms with Crippen LogP contribution in [0.15, 0.2) is 48.5 Å². The predicted molar refractivity (Wildman–Crippen MR) is 115 cm³/mol. The lowest BCUT2D eigenvalue weighted by atomic mass is 9.95. The molecule has 1 fully saturated rings. The first-order chi connectivity index (χ1) is 15.3. The van der Waals surface area contributed by atoms with Crippen LogP contribution in [0, 0.1) is 11.7 Å². The van der Waals surface area contributed by atoms with Gasteiger partial charge in [-0.2, -0.15) is 0 Å². The monoisotopic (exact) mass is 446 g/mol. The number of ether oxygens (including phenoxy) is 1. The molecule has 1 heterocycles. The van der Waals surface area contributed by atoms with Crippen LogP contribution in [0.4, 0.5) is 4.39 Å². The van der Waals surface area contributed by atoms with E-state index >= 15 is 0 Å². The van der Waals surface area contributed by atoms with Crippen LogP contribution >= 0.6 is 0 Å². The maximum atomic E-state index is 13.0. The van der Waals surface area contributed by atoms with Crippen LogP contribution in [0.5, 0.6) is 5.75 Å². The molecule has 1 aliphatic heterocycles. The second kappa shape index (κ2) is 12.4. The van der Waals surface area contributed by atoms with Crippen molar-refractivity contribution in [2.24, 2.45) is 5.92 Å². The Morgan fingerprint density at radius 2 is 1.50 bits per heavy atom. The standard InChI is InChI=1S/C21H25FN2O2.C2H2O4/c1-26-20-8-4-16(5-9-20)14-23-21(25)18-10-12-24(13-11-18)15-17-2-6-19(22)7-3-17;3-1(4)2(5)6/h2-9,18H,10-15H2,1H3,(H,23,25);(H,3,4)(H,5,6). The van der Waals surface area contributed by atoms with E-state index in [2.05, 4.69) is 10.2 Å². The second-order valence-corrected chi connectivity index (χ2v) is 7.35. The molecule has 3 rings (SSSR count). The number of carbonyl (C=O) groups is 3. The first kappa shape index (κ1) is 24.8. The minimum absolute atomic E-state index is 0.0673. The molecule has 32 heavy (non-hydrogen) atoms. The quantitative estimate of drug-likeness (QED) is 0.584. The van der Waals surface area contributed by atoms with Crippen LogP contribution < -0.4 is 10.1 Å². The summed E-state index contributed by atoms with van der Waals surface area (Å²) in [5.74, 6) is -2.85. The van der Waals surface area contributed by atoms with Crippen molar-refractivity contribution in [3.8, 4) is 5.75 Å². The fraction of sp³-hybridized carbons (Fsp3) is 0.348. The molecule has 0 saturated carbocycles. The lowest BCUT2D eigenvalue weighted by molar-refractivity contribution is -0.159. The van der Waals surface area contributed by atoms with Crippen LogP contribution in [0.25, 0.3) is 0 Å². The van der Waals surface area contributed by atoms with Gasteiger partial charge < -0.3 is 20.3 Å². The smallest absolute Gasteiger partial charge is 0.414 e. The molecule has 9 heteroatoms. The number of nitrogens with one attached hydrogen (secondary N) is 1. The number of carboxylic acid groups (broad SMARTS) is 2. The molecule has 8 nitrogen and oxygen atoms in total. The normalized spacial score (nSPS) is 14.1.